The Labute approximate surface area is 192 Å². The van der Waals surface area contributed by atoms with Crippen molar-refractivity contribution in [3.05, 3.63) is 115 Å². The highest BCUT2D eigenvalue weighted by Crippen LogP contribution is 2.37. The number of hydrogen-bond donors (Lipinski definition) is 1. The fraction of sp³-hybridized carbons (Fsp3) is 0.0345. The van der Waals surface area contributed by atoms with Gasteiger partial charge in [0, 0.05) is 22.2 Å². The maximum Gasteiger partial charge on any atom is 0.214 e. The van der Waals surface area contributed by atoms with Crippen LogP contribution in [-0.2, 0) is 0 Å². The number of aromatic nitrogens is 3. The number of benzene rings is 4. The van der Waals surface area contributed by atoms with Crippen LogP contribution in [0.1, 0.15) is 5.56 Å². The molecule has 0 aliphatic carbocycles. The smallest absolute Gasteiger partial charge is 0.214 e. The Morgan fingerprint density at radius 3 is 2.12 bits per heavy atom. The SMILES string of the molecule is Cc1cccc(Nc2nc3ccccc3c3nc(-c4ccccc4)c(-c4ccccc4)n23)c1. The molecule has 2 aromatic heterocycles. The third kappa shape index (κ3) is 3.42. The predicted molar refractivity (Wildman–Crippen MR) is 136 cm³/mol. The number of para-hydroxylation sites is 1. The van der Waals surface area contributed by atoms with Gasteiger partial charge in [0.2, 0.25) is 5.95 Å². The third-order valence-corrected chi connectivity index (χ3v) is 5.83. The zero-order valence-corrected chi connectivity index (χ0v) is 18.2. The van der Waals surface area contributed by atoms with Crippen molar-refractivity contribution in [2.75, 3.05) is 5.32 Å². The average molecular weight is 427 g/mol. The van der Waals surface area contributed by atoms with Gasteiger partial charge in [-0.15, -0.1) is 0 Å². The van der Waals surface area contributed by atoms with Gasteiger partial charge in [-0.2, -0.15) is 0 Å². The lowest BCUT2D eigenvalue weighted by molar-refractivity contribution is 1.13. The molecule has 4 heteroatoms. The second-order valence-corrected chi connectivity index (χ2v) is 8.15. The van der Waals surface area contributed by atoms with E-state index in [0.29, 0.717) is 0 Å². The average Bonchev–Trinajstić information content (AvgIpc) is 3.27. The van der Waals surface area contributed by atoms with Gasteiger partial charge in [-0.1, -0.05) is 84.9 Å². The van der Waals surface area contributed by atoms with Gasteiger partial charge in [-0.25, -0.2) is 9.97 Å². The number of hydrogen-bond acceptors (Lipinski definition) is 3. The summed E-state index contributed by atoms with van der Waals surface area (Å²) in [4.78, 5) is 10.2. The van der Waals surface area contributed by atoms with Crippen molar-refractivity contribution in [1.29, 1.82) is 0 Å². The van der Waals surface area contributed by atoms with E-state index in [1.165, 1.54) is 5.56 Å². The van der Waals surface area contributed by atoms with Crippen LogP contribution in [0.5, 0.6) is 0 Å². The molecule has 0 radical (unpaired) electrons. The Balaban J connectivity index is 1.73. The molecular weight excluding hydrogens is 404 g/mol. The van der Waals surface area contributed by atoms with Crippen LogP contribution in [0, 0.1) is 6.92 Å². The highest BCUT2D eigenvalue weighted by Gasteiger charge is 2.21. The van der Waals surface area contributed by atoms with Gasteiger partial charge in [0.25, 0.3) is 0 Å². The maximum absolute atomic E-state index is 5.19. The Kier molecular flexibility index (Phi) is 4.62. The zero-order valence-electron chi connectivity index (χ0n) is 18.2. The first kappa shape index (κ1) is 19.3. The molecule has 0 aliphatic heterocycles. The van der Waals surface area contributed by atoms with Gasteiger partial charge >= 0.3 is 0 Å². The molecule has 6 aromatic rings. The number of anilines is 2. The first-order valence-electron chi connectivity index (χ1n) is 11.0. The molecule has 0 saturated heterocycles. The van der Waals surface area contributed by atoms with Crippen LogP contribution in [0.2, 0.25) is 0 Å². The standard InChI is InChI=1S/C29H22N4/c1-20-11-10-16-23(19-20)30-29-31-25-18-9-8-17-24(25)28-32-26(21-12-4-2-5-13-21)27(33(28)29)22-14-6-3-7-15-22/h2-19H,1H3,(H,30,31). The van der Waals surface area contributed by atoms with Gasteiger partial charge < -0.3 is 5.32 Å². The van der Waals surface area contributed by atoms with Crippen molar-refractivity contribution in [1.82, 2.24) is 14.4 Å². The van der Waals surface area contributed by atoms with Gasteiger partial charge in [0.05, 0.1) is 16.9 Å². The molecule has 0 fully saturated rings. The summed E-state index contributed by atoms with van der Waals surface area (Å²) in [6, 6.07) is 37.3. The molecule has 0 bridgehead atoms. The minimum Gasteiger partial charge on any atom is -0.325 e. The molecule has 4 aromatic carbocycles. The largest absolute Gasteiger partial charge is 0.325 e. The van der Waals surface area contributed by atoms with Gasteiger partial charge in [-0.05, 0) is 36.8 Å². The number of imidazole rings is 1. The number of nitrogens with one attached hydrogen (secondary N) is 1. The second-order valence-electron chi connectivity index (χ2n) is 8.15. The summed E-state index contributed by atoms with van der Waals surface area (Å²) in [6.07, 6.45) is 0. The van der Waals surface area contributed by atoms with E-state index in [0.717, 1.165) is 50.7 Å². The van der Waals surface area contributed by atoms with Crippen LogP contribution < -0.4 is 5.32 Å². The van der Waals surface area contributed by atoms with E-state index in [1.54, 1.807) is 0 Å². The lowest BCUT2D eigenvalue weighted by atomic mass is 10.1. The van der Waals surface area contributed by atoms with E-state index in [4.69, 9.17) is 9.97 Å². The number of rotatable bonds is 4. The van der Waals surface area contributed by atoms with Gasteiger partial charge in [-0.3, -0.25) is 4.40 Å². The van der Waals surface area contributed by atoms with Crippen molar-refractivity contribution in [2.45, 2.75) is 6.92 Å². The lowest BCUT2D eigenvalue weighted by Gasteiger charge is -2.13. The highest BCUT2D eigenvalue weighted by atomic mass is 15.2. The monoisotopic (exact) mass is 426 g/mol. The molecule has 1 N–H and O–H groups in total. The van der Waals surface area contributed by atoms with E-state index >= 15 is 0 Å². The van der Waals surface area contributed by atoms with Crippen molar-refractivity contribution in [3.8, 4) is 22.5 Å². The fourth-order valence-electron chi connectivity index (χ4n) is 4.33. The van der Waals surface area contributed by atoms with Crippen molar-refractivity contribution in [3.63, 3.8) is 0 Å². The molecule has 33 heavy (non-hydrogen) atoms. The lowest BCUT2D eigenvalue weighted by Crippen LogP contribution is -2.04. The van der Waals surface area contributed by atoms with Crippen molar-refractivity contribution >= 4 is 28.2 Å². The second kappa shape index (κ2) is 7.92. The van der Waals surface area contributed by atoms with Gasteiger partial charge in [0.15, 0.2) is 0 Å². The normalized spacial score (nSPS) is 11.2. The molecule has 0 saturated carbocycles. The van der Waals surface area contributed by atoms with E-state index in [2.05, 4.69) is 95.5 Å². The van der Waals surface area contributed by atoms with Crippen LogP contribution in [0.15, 0.2) is 109 Å². The number of nitrogens with zero attached hydrogens (tertiary/aromatic N) is 3. The Morgan fingerprint density at radius 1 is 0.667 bits per heavy atom. The predicted octanol–water partition coefficient (Wildman–Crippen LogP) is 7.27. The number of fused-ring (bicyclic) bond motifs is 3. The Bertz CT molecular complexity index is 1580. The summed E-state index contributed by atoms with van der Waals surface area (Å²) < 4.78 is 2.16. The van der Waals surface area contributed by atoms with Crippen LogP contribution in [0.25, 0.3) is 39.1 Å². The molecule has 0 unspecified atom stereocenters. The molecule has 0 spiro atoms. The van der Waals surface area contributed by atoms with E-state index in [-0.39, 0.29) is 0 Å². The third-order valence-electron chi connectivity index (χ3n) is 5.83. The van der Waals surface area contributed by atoms with Crippen LogP contribution >= 0.6 is 0 Å². The Hall–Kier alpha value is -4.44. The van der Waals surface area contributed by atoms with Crippen molar-refractivity contribution in [2.24, 2.45) is 0 Å². The molecule has 158 valence electrons. The molecule has 6 rings (SSSR count). The molecular formula is C29H22N4. The summed E-state index contributed by atoms with van der Waals surface area (Å²) in [5.41, 5.74) is 8.10. The molecule has 0 atom stereocenters. The molecule has 4 nitrogen and oxygen atoms in total. The Morgan fingerprint density at radius 2 is 1.36 bits per heavy atom. The summed E-state index contributed by atoms with van der Waals surface area (Å²) in [7, 11) is 0. The maximum atomic E-state index is 5.19. The summed E-state index contributed by atoms with van der Waals surface area (Å²) >= 11 is 0. The first-order valence-corrected chi connectivity index (χ1v) is 11.0. The van der Waals surface area contributed by atoms with Crippen LogP contribution in [0.3, 0.4) is 0 Å². The van der Waals surface area contributed by atoms with Gasteiger partial charge in [0.1, 0.15) is 5.65 Å². The molecule has 0 aliphatic rings. The van der Waals surface area contributed by atoms with Crippen LogP contribution in [0.4, 0.5) is 11.6 Å². The minimum absolute atomic E-state index is 0.739. The highest BCUT2D eigenvalue weighted by molar-refractivity contribution is 5.97. The van der Waals surface area contributed by atoms with Crippen molar-refractivity contribution < 1.29 is 0 Å². The van der Waals surface area contributed by atoms with E-state index in [1.807, 2.05) is 30.3 Å². The van der Waals surface area contributed by atoms with E-state index in [9.17, 15) is 0 Å². The summed E-state index contributed by atoms with van der Waals surface area (Å²) in [5, 5.41) is 4.59. The number of aryl methyl sites for hydroxylation is 1. The fourth-order valence-corrected chi connectivity index (χ4v) is 4.33. The molecule has 2 heterocycles. The first-order chi connectivity index (χ1) is 16.3. The quantitative estimate of drug-likeness (QED) is 0.322. The zero-order chi connectivity index (χ0) is 22.2. The molecule has 0 amide bonds. The van der Waals surface area contributed by atoms with Crippen LogP contribution in [-0.4, -0.2) is 14.4 Å². The van der Waals surface area contributed by atoms with E-state index < -0.39 is 0 Å². The minimum atomic E-state index is 0.739. The topological polar surface area (TPSA) is 42.2 Å². The summed E-state index contributed by atoms with van der Waals surface area (Å²) in [5.74, 6) is 0.739. The summed E-state index contributed by atoms with van der Waals surface area (Å²) in [6.45, 7) is 2.09.